The highest BCUT2D eigenvalue weighted by Gasteiger charge is 2.39. The number of hydrogen-bond donors (Lipinski definition) is 1. The molecule has 4 atom stereocenters. The molecule has 0 aromatic rings. The summed E-state index contributed by atoms with van der Waals surface area (Å²) in [6.07, 6.45) is 7.36. The molecule has 2 rings (SSSR count). The third-order valence-electron chi connectivity index (χ3n) is 5.62. The van der Waals surface area contributed by atoms with Crippen LogP contribution in [0.25, 0.3) is 0 Å². The van der Waals surface area contributed by atoms with E-state index in [-0.39, 0.29) is 0 Å². The van der Waals surface area contributed by atoms with Gasteiger partial charge in [-0.05, 0) is 69.5 Å². The van der Waals surface area contributed by atoms with Crippen molar-refractivity contribution in [1.29, 1.82) is 0 Å². The molecule has 0 heterocycles. The predicted molar refractivity (Wildman–Crippen MR) is 83.4 cm³/mol. The van der Waals surface area contributed by atoms with Gasteiger partial charge in [-0.15, -0.1) is 0 Å². The van der Waals surface area contributed by atoms with Gasteiger partial charge in [0, 0.05) is 12.6 Å². The third kappa shape index (κ3) is 3.95. The number of nitrogens with one attached hydrogen (secondary N) is 1. The molecule has 2 saturated carbocycles. The van der Waals surface area contributed by atoms with Gasteiger partial charge in [-0.3, -0.25) is 0 Å². The first kappa shape index (κ1) is 15.3. The second-order valence-corrected chi connectivity index (χ2v) is 8.19. The molecular weight excluding hydrogens is 232 g/mol. The molecule has 0 spiro atoms. The molecule has 0 saturated heterocycles. The van der Waals surface area contributed by atoms with Crippen LogP contribution in [0.1, 0.15) is 52.9 Å². The average Bonchev–Trinajstić information content (AvgIpc) is 2.89. The summed E-state index contributed by atoms with van der Waals surface area (Å²) in [5.74, 6) is 3.16. The van der Waals surface area contributed by atoms with E-state index in [1.165, 1.54) is 38.8 Å². The van der Waals surface area contributed by atoms with Crippen LogP contribution in [0.15, 0.2) is 0 Å². The van der Waals surface area contributed by atoms with E-state index in [1.807, 2.05) is 0 Å². The molecule has 2 fully saturated rings. The van der Waals surface area contributed by atoms with E-state index in [0.717, 1.165) is 17.8 Å². The fourth-order valence-electron chi connectivity index (χ4n) is 4.45. The number of rotatable bonds is 6. The minimum absolute atomic E-state index is 0.363. The Morgan fingerprint density at radius 1 is 1.21 bits per heavy atom. The van der Waals surface area contributed by atoms with Crippen LogP contribution in [0.4, 0.5) is 0 Å². The zero-order valence-electron chi connectivity index (χ0n) is 13.7. The molecule has 2 aliphatic rings. The summed E-state index contributed by atoms with van der Waals surface area (Å²) in [5.41, 5.74) is 0.363. The molecule has 0 aromatic heterocycles. The summed E-state index contributed by atoms with van der Waals surface area (Å²) < 4.78 is 0. The second-order valence-electron chi connectivity index (χ2n) is 8.19. The first-order valence-electron chi connectivity index (χ1n) is 8.26. The molecular formula is C17H34N2. The van der Waals surface area contributed by atoms with Crippen molar-refractivity contribution in [2.24, 2.45) is 23.2 Å². The van der Waals surface area contributed by atoms with Gasteiger partial charge in [0.2, 0.25) is 0 Å². The van der Waals surface area contributed by atoms with Gasteiger partial charge < -0.3 is 10.2 Å². The lowest BCUT2D eigenvalue weighted by molar-refractivity contribution is 0.191. The lowest BCUT2D eigenvalue weighted by Gasteiger charge is -2.33. The topological polar surface area (TPSA) is 15.3 Å². The summed E-state index contributed by atoms with van der Waals surface area (Å²) in [7, 11) is 4.42. The van der Waals surface area contributed by atoms with E-state index in [1.54, 1.807) is 6.42 Å². The molecule has 1 N–H and O–H groups in total. The summed E-state index contributed by atoms with van der Waals surface area (Å²) in [4.78, 5) is 2.58. The van der Waals surface area contributed by atoms with Crippen LogP contribution in [-0.2, 0) is 0 Å². The van der Waals surface area contributed by atoms with Crippen LogP contribution >= 0.6 is 0 Å². The molecule has 4 unspecified atom stereocenters. The van der Waals surface area contributed by atoms with Crippen molar-refractivity contribution >= 4 is 0 Å². The number of nitrogens with zero attached hydrogens (tertiary/aromatic N) is 1. The second kappa shape index (κ2) is 6.13. The molecule has 2 heteroatoms. The Balaban J connectivity index is 1.71. The van der Waals surface area contributed by atoms with Crippen molar-refractivity contribution in [2.45, 2.75) is 58.9 Å². The fraction of sp³-hybridized carbons (Fsp3) is 1.00. The molecule has 0 amide bonds. The van der Waals surface area contributed by atoms with Crippen LogP contribution in [-0.4, -0.2) is 38.1 Å². The Bertz CT molecular complexity index is 281. The first-order chi connectivity index (χ1) is 8.90. The van der Waals surface area contributed by atoms with E-state index < -0.39 is 0 Å². The first-order valence-corrected chi connectivity index (χ1v) is 8.26. The maximum atomic E-state index is 3.49. The Hall–Kier alpha value is -0.0800. The third-order valence-corrected chi connectivity index (χ3v) is 5.62. The van der Waals surface area contributed by atoms with Crippen LogP contribution in [0.5, 0.6) is 0 Å². The maximum absolute atomic E-state index is 3.49. The van der Waals surface area contributed by atoms with Crippen LogP contribution in [0.2, 0.25) is 0 Å². The molecule has 2 aliphatic carbocycles. The molecule has 19 heavy (non-hydrogen) atoms. The van der Waals surface area contributed by atoms with Gasteiger partial charge in [-0.2, -0.15) is 0 Å². The van der Waals surface area contributed by atoms with Crippen LogP contribution in [0.3, 0.4) is 0 Å². The normalized spacial score (nSPS) is 32.2. The highest BCUT2D eigenvalue weighted by atomic mass is 15.1. The summed E-state index contributed by atoms with van der Waals surface area (Å²) in [6.45, 7) is 9.58. The lowest BCUT2D eigenvalue weighted by atomic mass is 9.84. The Labute approximate surface area is 120 Å². The molecule has 2 nitrogen and oxygen atoms in total. The van der Waals surface area contributed by atoms with Gasteiger partial charge in [-0.1, -0.05) is 27.2 Å². The van der Waals surface area contributed by atoms with Gasteiger partial charge >= 0.3 is 0 Å². The zero-order chi connectivity index (χ0) is 14.0. The van der Waals surface area contributed by atoms with Gasteiger partial charge in [0.25, 0.3) is 0 Å². The van der Waals surface area contributed by atoms with Crippen LogP contribution in [0, 0.1) is 23.2 Å². The van der Waals surface area contributed by atoms with E-state index in [9.17, 15) is 0 Å². The van der Waals surface area contributed by atoms with Crippen molar-refractivity contribution in [1.82, 2.24) is 10.2 Å². The van der Waals surface area contributed by atoms with E-state index in [4.69, 9.17) is 0 Å². The quantitative estimate of drug-likeness (QED) is 0.793. The van der Waals surface area contributed by atoms with Gasteiger partial charge in [-0.25, -0.2) is 0 Å². The lowest BCUT2D eigenvalue weighted by Crippen LogP contribution is -2.41. The van der Waals surface area contributed by atoms with Crippen molar-refractivity contribution in [3.05, 3.63) is 0 Å². The Kier molecular flexibility index (Phi) is 4.94. The Morgan fingerprint density at radius 3 is 2.42 bits per heavy atom. The number of fused-ring (bicyclic) bond motifs is 2. The highest BCUT2D eigenvalue weighted by Crippen LogP contribution is 2.48. The fourth-order valence-corrected chi connectivity index (χ4v) is 4.45. The van der Waals surface area contributed by atoms with E-state index >= 15 is 0 Å². The van der Waals surface area contributed by atoms with E-state index in [2.05, 4.69) is 45.1 Å². The zero-order valence-corrected chi connectivity index (χ0v) is 13.7. The predicted octanol–water partition coefficient (Wildman–Crippen LogP) is 3.38. The largest absolute Gasteiger partial charge is 0.316 e. The standard InChI is InChI=1S/C17H34N2/c1-17(2,3)16(18-4)8-9-19(5)12-15-11-13-6-7-14(15)10-13/h13-16,18H,6-12H2,1-5H3. The summed E-state index contributed by atoms with van der Waals surface area (Å²) >= 11 is 0. The minimum Gasteiger partial charge on any atom is -0.316 e. The van der Waals surface area contributed by atoms with Crippen molar-refractivity contribution in [3.8, 4) is 0 Å². The van der Waals surface area contributed by atoms with Gasteiger partial charge in [0.05, 0.1) is 0 Å². The van der Waals surface area contributed by atoms with Crippen molar-refractivity contribution in [3.63, 3.8) is 0 Å². The highest BCUT2D eigenvalue weighted by molar-refractivity contribution is 4.91. The minimum atomic E-state index is 0.363. The average molecular weight is 266 g/mol. The van der Waals surface area contributed by atoms with Crippen LogP contribution < -0.4 is 5.32 Å². The number of hydrogen-bond acceptors (Lipinski definition) is 2. The monoisotopic (exact) mass is 266 g/mol. The Morgan fingerprint density at radius 2 is 1.95 bits per heavy atom. The summed E-state index contributed by atoms with van der Waals surface area (Å²) in [5, 5.41) is 3.49. The van der Waals surface area contributed by atoms with Gasteiger partial charge in [0.15, 0.2) is 0 Å². The van der Waals surface area contributed by atoms with Crippen molar-refractivity contribution < 1.29 is 0 Å². The molecule has 0 radical (unpaired) electrons. The molecule has 0 aliphatic heterocycles. The maximum Gasteiger partial charge on any atom is 0.0125 e. The van der Waals surface area contributed by atoms with Crippen molar-refractivity contribution in [2.75, 3.05) is 27.2 Å². The molecule has 2 bridgehead atoms. The molecule has 0 aromatic carbocycles. The summed E-state index contributed by atoms with van der Waals surface area (Å²) in [6, 6.07) is 0.620. The van der Waals surface area contributed by atoms with Gasteiger partial charge in [0.1, 0.15) is 0 Å². The molecule has 112 valence electrons. The van der Waals surface area contributed by atoms with E-state index in [0.29, 0.717) is 11.5 Å². The SMILES string of the molecule is CNC(CCN(C)CC1CC2CCC1C2)C(C)(C)C. The smallest absolute Gasteiger partial charge is 0.0125 e.